The van der Waals surface area contributed by atoms with E-state index in [2.05, 4.69) is 36.9 Å². The van der Waals surface area contributed by atoms with Crippen LogP contribution in [0.5, 0.6) is 0 Å². The van der Waals surface area contributed by atoms with Gasteiger partial charge in [0.1, 0.15) is 0 Å². The molecule has 2 aromatic carbocycles. The second-order valence-electron chi connectivity index (χ2n) is 7.83. The van der Waals surface area contributed by atoms with Gasteiger partial charge in [-0.05, 0) is 57.0 Å². The van der Waals surface area contributed by atoms with Crippen molar-refractivity contribution in [3.63, 3.8) is 0 Å². The average Bonchev–Trinajstić information content (AvgIpc) is 3.32. The summed E-state index contributed by atoms with van der Waals surface area (Å²) in [4.78, 5) is 15.4. The SMILES string of the molecule is Cc1ccc(C2=NN(C(=O)CN3CCCC3)C(c3ccccc3Cl)C2)c(C)c1. The highest BCUT2D eigenvalue weighted by Crippen LogP contribution is 2.37. The van der Waals surface area contributed by atoms with Crippen LogP contribution in [0.3, 0.4) is 0 Å². The molecule has 2 heterocycles. The molecule has 2 aliphatic rings. The molecule has 0 radical (unpaired) electrons. The quantitative estimate of drug-likeness (QED) is 0.750. The number of likely N-dealkylation sites (tertiary alicyclic amines) is 1. The maximum absolute atomic E-state index is 13.1. The Bertz CT molecular complexity index is 918. The Balaban J connectivity index is 1.67. The summed E-state index contributed by atoms with van der Waals surface area (Å²) in [5, 5.41) is 7.16. The number of halogens is 1. The number of hydrogen-bond donors (Lipinski definition) is 0. The maximum Gasteiger partial charge on any atom is 0.257 e. The van der Waals surface area contributed by atoms with E-state index in [0.717, 1.165) is 42.8 Å². The Kier molecular flexibility index (Phi) is 5.51. The highest BCUT2D eigenvalue weighted by atomic mass is 35.5. The zero-order valence-corrected chi connectivity index (χ0v) is 17.2. The summed E-state index contributed by atoms with van der Waals surface area (Å²) in [6.45, 7) is 6.59. The zero-order chi connectivity index (χ0) is 19.7. The molecule has 2 aliphatic heterocycles. The zero-order valence-electron chi connectivity index (χ0n) is 16.5. The molecule has 1 saturated heterocycles. The summed E-state index contributed by atoms with van der Waals surface area (Å²) in [5.41, 5.74) is 5.44. The first-order valence-corrected chi connectivity index (χ1v) is 10.3. The topological polar surface area (TPSA) is 35.9 Å². The third-order valence-corrected chi connectivity index (χ3v) is 6.02. The second kappa shape index (κ2) is 8.06. The molecule has 0 aliphatic carbocycles. The van der Waals surface area contributed by atoms with Crippen LogP contribution in [0.1, 0.15) is 47.6 Å². The van der Waals surface area contributed by atoms with Crippen molar-refractivity contribution in [3.05, 3.63) is 69.7 Å². The van der Waals surface area contributed by atoms with Crippen molar-refractivity contribution < 1.29 is 4.79 Å². The molecule has 0 N–H and O–H groups in total. The number of aryl methyl sites for hydroxylation is 2. The van der Waals surface area contributed by atoms with Crippen LogP contribution in [0.2, 0.25) is 5.02 Å². The van der Waals surface area contributed by atoms with E-state index < -0.39 is 0 Å². The summed E-state index contributed by atoms with van der Waals surface area (Å²) >= 11 is 6.49. The molecule has 4 rings (SSSR count). The Morgan fingerprint density at radius 3 is 2.61 bits per heavy atom. The van der Waals surface area contributed by atoms with Crippen molar-refractivity contribution in [2.24, 2.45) is 5.10 Å². The van der Waals surface area contributed by atoms with Crippen LogP contribution in [0, 0.1) is 13.8 Å². The van der Waals surface area contributed by atoms with E-state index in [4.69, 9.17) is 16.7 Å². The largest absolute Gasteiger partial charge is 0.294 e. The van der Waals surface area contributed by atoms with Crippen molar-refractivity contribution in [1.29, 1.82) is 0 Å². The Labute approximate surface area is 171 Å². The standard InChI is InChI=1S/C23H26ClN3O/c1-16-9-10-18(17(2)13-16)21-14-22(19-7-3-4-8-20(19)24)27(25-21)23(28)15-26-11-5-6-12-26/h3-4,7-10,13,22H,5-6,11-12,14-15H2,1-2H3. The Morgan fingerprint density at radius 2 is 1.89 bits per heavy atom. The van der Waals surface area contributed by atoms with Crippen molar-refractivity contribution in [2.75, 3.05) is 19.6 Å². The molecule has 0 bridgehead atoms. The Hall–Kier alpha value is -2.17. The van der Waals surface area contributed by atoms with Crippen molar-refractivity contribution in [2.45, 2.75) is 39.2 Å². The fourth-order valence-corrected chi connectivity index (χ4v) is 4.49. The molecule has 2 aromatic rings. The summed E-state index contributed by atoms with van der Waals surface area (Å²) < 4.78 is 0. The number of hydrogen-bond acceptors (Lipinski definition) is 3. The minimum absolute atomic E-state index is 0.0478. The van der Waals surface area contributed by atoms with Crippen LogP contribution in [0.4, 0.5) is 0 Å². The normalized spacial score (nSPS) is 19.9. The van der Waals surface area contributed by atoms with E-state index in [-0.39, 0.29) is 11.9 Å². The van der Waals surface area contributed by atoms with Crippen molar-refractivity contribution in [3.8, 4) is 0 Å². The van der Waals surface area contributed by atoms with E-state index in [9.17, 15) is 4.79 Å². The van der Waals surface area contributed by atoms with E-state index in [1.165, 1.54) is 11.1 Å². The average molecular weight is 396 g/mol. The molecule has 1 unspecified atom stereocenters. The van der Waals surface area contributed by atoms with Crippen LogP contribution in [0.25, 0.3) is 0 Å². The third-order valence-electron chi connectivity index (χ3n) is 5.68. The first kappa shape index (κ1) is 19.2. The lowest BCUT2D eigenvalue weighted by Gasteiger charge is -2.25. The summed E-state index contributed by atoms with van der Waals surface area (Å²) in [6, 6.07) is 14.0. The van der Waals surface area contributed by atoms with Gasteiger partial charge in [0.15, 0.2) is 0 Å². The van der Waals surface area contributed by atoms with Gasteiger partial charge in [0, 0.05) is 17.0 Å². The second-order valence-corrected chi connectivity index (χ2v) is 8.24. The number of hydrazone groups is 1. The lowest BCUT2D eigenvalue weighted by Crippen LogP contribution is -2.37. The summed E-state index contributed by atoms with van der Waals surface area (Å²) in [7, 11) is 0. The molecule has 0 saturated carbocycles. The van der Waals surface area contributed by atoms with Gasteiger partial charge in [-0.2, -0.15) is 5.10 Å². The van der Waals surface area contributed by atoms with Gasteiger partial charge in [-0.1, -0.05) is 53.6 Å². The van der Waals surface area contributed by atoms with Gasteiger partial charge >= 0.3 is 0 Å². The number of carbonyl (C=O) groups excluding carboxylic acids is 1. The number of carbonyl (C=O) groups is 1. The number of rotatable bonds is 4. The molecule has 1 fully saturated rings. The minimum Gasteiger partial charge on any atom is -0.294 e. The lowest BCUT2D eigenvalue weighted by molar-refractivity contribution is -0.134. The molecule has 28 heavy (non-hydrogen) atoms. The fraction of sp³-hybridized carbons (Fsp3) is 0.391. The highest BCUT2D eigenvalue weighted by molar-refractivity contribution is 6.31. The van der Waals surface area contributed by atoms with Gasteiger partial charge in [0.05, 0.1) is 18.3 Å². The van der Waals surface area contributed by atoms with E-state index in [0.29, 0.717) is 18.0 Å². The molecule has 0 aromatic heterocycles. The van der Waals surface area contributed by atoms with Crippen LogP contribution in [-0.4, -0.2) is 41.2 Å². The molecule has 1 amide bonds. The van der Waals surface area contributed by atoms with Gasteiger partial charge in [-0.25, -0.2) is 5.01 Å². The van der Waals surface area contributed by atoms with Gasteiger partial charge in [-0.15, -0.1) is 0 Å². The van der Waals surface area contributed by atoms with Gasteiger partial charge in [-0.3, -0.25) is 9.69 Å². The smallest absolute Gasteiger partial charge is 0.257 e. The molecular formula is C23H26ClN3O. The predicted molar refractivity (Wildman–Crippen MR) is 114 cm³/mol. The molecule has 0 spiro atoms. The molecule has 1 atom stereocenters. The van der Waals surface area contributed by atoms with Crippen LogP contribution in [-0.2, 0) is 4.79 Å². The van der Waals surface area contributed by atoms with Gasteiger partial charge in [0.25, 0.3) is 5.91 Å². The summed E-state index contributed by atoms with van der Waals surface area (Å²) in [5.74, 6) is 0.0478. The van der Waals surface area contributed by atoms with Crippen LogP contribution >= 0.6 is 11.6 Å². The third kappa shape index (κ3) is 3.85. The minimum atomic E-state index is -0.153. The number of nitrogens with zero attached hydrogens (tertiary/aromatic N) is 3. The number of benzene rings is 2. The highest BCUT2D eigenvalue weighted by Gasteiger charge is 2.35. The van der Waals surface area contributed by atoms with Crippen LogP contribution < -0.4 is 0 Å². The molecular weight excluding hydrogens is 370 g/mol. The van der Waals surface area contributed by atoms with Crippen molar-refractivity contribution in [1.82, 2.24) is 9.91 Å². The van der Waals surface area contributed by atoms with Gasteiger partial charge < -0.3 is 0 Å². The van der Waals surface area contributed by atoms with E-state index in [1.54, 1.807) is 5.01 Å². The van der Waals surface area contributed by atoms with E-state index in [1.807, 2.05) is 24.3 Å². The predicted octanol–water partition coefficient (Wildman–Crippen LogP) is 4.73. The first-order chi connectivity index (χ1) is 13.5. The number of amides is 1. The first-order valence-electron chi connectivity index (χ1n) is 9.97. The molecule has 5 heteroatoms. The molecule has 4 nitrogen and oxygen atoms in total. The van der Waals surface area contributed by atoms with Crippen molar-refractivity contribution >= 4 is 23.2 Å². The monoisotopic (exact) mass is 395 g/mol. The Morgan fingerprint density at radius 1 is 1.14 bits per heavy atom. The van der Waals surface area contributed by atoms with Gasteiger partial charge in [0.2, 0.25) is 0 Å². The maximum atomic E-state index is 13.1. The lowest BCUT2D eigenvalue weighted by atomic mass is 9.95. The molecule has 146 valence electrons. The van der Waals surface area contributed by atoms with Crippen LogP contribution in [0.15, 0.2) is 47.6 Å². The van der Waals surface area contributed by atoms with E-state index >= 15 is 0 Å². The fourth-order valence-electron chi connectivity index (χ4n) is 4.23. The summed E-state index contributed by atoms with van der Waals surface area (Å²) in [6.07, 6.45) is 3.01.